The zero-order valence-corrected chi connectivity index (χ0v) is 14.6. The molecule has 0 atom stereocenters. The van der Waals surface area contributed by atoms with Gasteiger partial charge < -0.3 is 4.74 Å². The van der Waals surface area contributed by atoms with Crippen molar-refractivity contribution in [1.29, 1.82) is 0 Å². The minimum Gasteiger partial charge on any atom is -0.481 e. The number of ether oxygens (including phenoxy) is 1. The summed E-state index contributed by atoms with van der Waals surface area (Å²) in [4.78, 5) is 11.7. The van der Waals surface area contributed by atoms with Crippen LogP contribution in [0.15, 0.2) is 6.20 Å². The van der Waals surface area contributed by atoms with Crippen molar-refractivity contribution in [3.8, 4) is 5.88 Å². The van der Waals surface area contributed by atoms with Crippen molar-refractivity contribution in [3.63, 3.8) is 0 Å². The second kappa shape index (κ2) is 6.28. The summed E-state index contributed by atoms with van der Waals surface area (Å²) in [5.41, 5.74) is 4.63. The highest BCUT2D eigenvalue weighted by Crippen LogP contribution is 2.26. The Morgan fingerprint density at radius 1 is 1.35 bits per heavy atom. The van der Waals surface area contributed by atoms with Gasteiger partial charge >= 0.3 is 0 Å². The summed E-state index contributed by atoms with van der Waals surface area (Å²) < 4.78 is 7.31. The molecule has 0 unspecified atom stereocenters. The van der Waals surface area contributed by atoms with Crippen molar-refractivity contribution in [1.82, 2.24) is 24.6 Å². The van der Waals surface area contributed by atoms with E-state index in [1.165, 1.54) is 11.3 Å². The van der Waals surface area contributed by atoms with Crippen LogP contribution in [-0.2, 0) is 26.6 Å². The van der Waals surface area contributed by atoms with E-state index in [-0.39, 0.29) is 0 Å². The van der Waals surface area contributed by atoms with Gasteiger partial charge in [0.15, 0.2) is 0 Å². The van der Waals surface area contributed by atoms with E-state index in [0.717, 1.165) is 49.0 Å². The summed E-state index contributed by atoms with van der Waals surface area (Å²) in [5.74, 6) is 2.17. The molecule has 1 aliphatic heterocycles. The fraction of sp³-hybridized carbons (Fsp3) is 0.588. The van der Waals surface area contributed by atoms with Crippen LogP contribution in [0.3, 0.4) is 0 Å². The van der Waals surface area contributed by atoms with Gasteiger partial charge in [0, 0.05) is 56.5 Å². The Morgan fingerprint density at radius 3 is 2.83 bits per heavy atom. The van der Waals surface area contributed by atoms with Gasteiger partial charge in [0.05, 0.1) is 18.4 Å². The van der Waals surface area contributed by atoms with Crippen LogP contribution in [0.2, 0.25) is 0 Å². The van der Waals surface area contributed by atoms with Crippen molar-refractivity contribution in [2.75, 3.05) is 13.7 Å². The van der Waals surface area contributed by atoms with Gasteiger partial charge in [-0.2, -0.15) is 5.10 Å². The SMILES string of the molecule is COc1c(CN2CCc3nc(C(C)C)ncc3C2)c(C)nn1C. The van der Waals surface area contributed by atoms with Crippen LogP contribution in [-0.4, -0.2) is 38.3 Å². The lowest BCUT2D eigenvalue weighted by molar-refractivity contribution is 0.237. The van der Waals surface area contributed by atoms with Gasteiger partial charge in [-0.3, -0.25) is 4.90 Å². The largest absolute Gasteiger partial charge is 0.481 e. The number of hydrogen-bond acceptors (Lipinski definition) is 5. The predicted octanol–water partition coefficient (Wildman–Crippen LogP) is 2.21. The first-order valence-corrected chi connectivity index (χ1v) is 8.13. The summed E-state index contributed by atoms with van der Waals surface area (Å²) >= 11 is 0. The number of hydrogen-bond donors (Lipinski definition) is 0. The molecule has 0 N–H and O–H groups in total. The summed E-state index contributed by atoms with van der Waals surface area (Å²) in [7, 11) is 3.62. The quantitative estimate of drug-likeness (QED) is 0.866. The molecule has 23 heavy (non-hydrogen) atoms. The fourth-order valence-electron chi connectivity index (χ4n) is 3.14. The van der Waals surface area contributed by atoms with E-state index in [1.54, 1.807) is 11.8 Å². The number of nitrogens with zero attached hydrogens (tertiary/aromatic N) is 5. The van der Waals surface area contributed by atoms with Crippen LogP contribution in [0.1, 0.15) is 48.1 Å². The molecule has 0 saturated carbocycles. The lowest BCUT2D eigenvalue weighted by Gasteiger charge is -2.28. The van der Waals surface area contributed by atoms with E-state index < -0.39 is 0 Å². The molecule has 0 fully saturated rings. The summed E-state index contributed by atoms with van der Waals surface area (Å²) in [6.07, 6.45) is 2.97. The Bertz CT molecular complexity index is 707. The minimum atomic E-state index is 0.376. The van der Waals surface area contributed by atoms with Crippen molar-refractivity contribution < 1.29 is 4.74 Å². The number of aromatic nitrogens is 4. The predicted molar refractivity (Wildman–Crippen MR) is 88.4 cm³/mol. The number of methoxy groups -OCH3 is 1. The Balaban J connectivity index is 1.78. The van der Waals surface area contributed by atoms with Gasteiger partial charge in [-0.05, 0) is 6.92 Å². The highest BCUT2D eigenvalue weighted by Gasteiger charge is 2.22. The molecule has 0 aliphatic carbocycles. The lowest BCUT2D eigenvalue weighted by atomic mass is 10.1. The van der Waals surface area contributed by atoms with Gasteiger partial charge in [0.2, 0.25) is 5.88 Å². The highest BCUT2D eigenvalue weighted by atomic mass is 16.5. The monoisotopic (exact) mass is 315 g/mol. The van der Waals surface area contributed by atoms with E-state index in [4.69, 9.17) is 9.72 Å². The van der Waals surface area contributed by atoms with Gasteiger partial charge in [-0.1, -0.05) is 13.8 Å². The molecule has 1 aliphatic rings. The molecule has 2 aromatic heterocycles. The average Bonchev–Trinajstić information content (AvgIpc) is 2.80. The maximum absolute atomic E-state index is 5.50. The highest BCUT2D eigenvalue weighted by molar-refractivity contribution is 5.31. The van der Waals surface area contributed by atoms with Crippen molar-refractivity contribution in [2.24, 2.45) is 7.05 Å². The van der Waals surface area contributed by atoms with Crippen molar-refractivity contribution in [3.05, 3.63) is 34.5 Å². The average molecular weight is 315 g/mol. The molecule has 0 aromatic carbocycles. The molecule has 0 spiro atoms. The van der Waals surface area contributed by atoms with E-state index in [9.17, 15) is 0 Å². The summed E-state index contributed by atoms with van der Waals surface area (Å²) in [6, 6.07) is 0. The lowest BCUT2D eigenvalue weighted by Crippen LogP contribution is -2.31. The molecule has 2 aromatic rings. The van der Waals surface area contributed by atoms with Crippen LogP contribution in [0, 0.1) is 6.92 Å². The maximum Gasteiger partial charge on any atom is 0.216 e. The molecule has 3 heterocycles. The number of fused-ring (bicyclic) bond motifs is 1. The van der Waals surface area contributed by atoms with Crippen molar-refractivity contribution >= 4 is 0 Å². The first-order valence-electron chi connectivity index (χ1n) is 8.13. The molecule has 0 saturated heterocycles. The second-order valence-electron chi connectivity index (χ2n) is 6.51. The first kappa shape index (κ1) is 15.9. The maximum atomic E-state index is 5.50. The smallest absolute Gasteiger partial charge is 0.216 e. The normalized spacial score (nSPS) is 15.0. The molecule has 3 rings (SSSR count). The van der Waals surface area contributed by atoms with E-state index >= 15 is 0 Å². The Hall–Kier alpha value is -1.95. The number of rotatable bonds is 4. The number of aryl methyl sites for hydroxylation is 2. The van der Waals surface area contributed by atoms with Crippen LogP contribution >= 0.6 is 0 Å². The van der Waals surface area contributed by atoms with Gasteiger partial charge in [-0.15, -0.1) is 0 Å². The third-order valence-electron chi connectivity index (χ3n) is 4.41. The third kappa shape index (κ3) is 3.08. The molecule has 124 valence electrons. The topological polar surface area (TPSA) is 56.1 Å². The molecule has 6 heteroatoms. The van der Waals surface area contributed by atoms with Crippen LogP contribution in [0.25, 0.3) is 0 Å². The van der Waals surface area contributed by atoms with Gasteiger partial charge in [0.25, 0.3) is 0 Å². The molecule has 6 nitrogen and oxygen atoms in total. The molecule has 0 bridgehead atoms. The molecular formula is C17H25N5O. The summed E-state index contributed by atoms with van der Waals surface area (Å²) in [6.45, 7) is 9.02. The Kier molecular flexibility index (Phi) is 4.35. The van der Waals surface area contributed by atoms with E-state index in [0.29, 0.717) is 5.92 Å². The zero-order chi connectivity index (χ0) is 16.6. The molecular weight excluding hydrogens is 290 g/mol. The molecule has 0 radical (unpaired) electrons. The summed E-state index contributed by atoms with van der Waals surface area (Å²) in [5, 5.41) is 4.46. The van der Waals surface area contributed by atoms with E-state index in [2.05, 4.69) is 28.8 Å². The Morgan fingerprint density at radius 2 is 2.13 bits per heavy atom. The second-order valence-corrected chi connectivity index (χ2v) is 6.51. The van der Waals surface area contributed by atoms with Gasteiger partial charge in [0.1, 0.15) is 5.82 Å². The standard InChI is InChI=1S/C17H25N5O/c1-11(2)16-18-8-13-9-22(7-6-15(13)19-16)10-14-12(3)20-21(4)17(14)23-5/h8,11H,6-7,9-10H2,1-5H3. The van der Waals surface area contributed by atoms with Crippen molar-refractivity contribution in [2.45, 2.75) is 46.2 Å². The van der Waals surface area contributed by atoms with Crippen LogP contribution in [0.5, 0.6) is 5.88 Å². The molecule has 0 amide bonds. The van der Waals surface area contributed by atoms with Gasteiger partial charge in [-0.25, -0.2) is 14.6 Å². The fourth-order valence-corrected chi connectivity index (χ4v) is 3.14. The van der Waals surface area contributed by atoms with E-state index in [1.807, 2.05) is 20.2 Å². The Labute approximate surface area is 137 Å². The minimum absolute atomic E-state index is 0.376. The van der Waals surface area contributed by atoms with Crippen LogP contribution in [0.4, 0.5) is 0 Å². The zero-order valence-electron chi connectivity index (χ0n) is 14.6. The first-order chi connectivity index (χ1) is 11.0. The van der Waals surface area contributed by atoms with Crippen LogP contribution < -0.4 is 4.74 Å². The third-order valence-corrected chi connectivity index (χ3v) is 4.41.